The van der Waals surface area contributed by atoms with E-state index >= 15 is 0 Å². The molecule has 0 saturated heterocycles. The molecule has 34 heavy (non-hydrogen) atoms. The maximum absolute atomic E-state index is 14.2. The van der Waals surface area contributed by atoms with Crippen molar-refractivity contribution in [3.8, 4) is 0 Å². The number of H-pyrrole nitrogens is 1. The molecule has 1 aliphatic rings. The quantitative estimate of drug-likeness (QED) is 0.419. The van der Waals surface area contributed by atoms with Crippen LogP contribution in [0.25, 0.3) is 10.9 Å². The summed E-state index contributed by atoms with van der Waals surface area (Å²) in [6.07, 6.45) is 3.85. The number of carbonyl (C=O) groups is 2. The Hall–Kier alpha value is -3.19. The van der Waals surface area contributed by atoms with Crippen LogP contribution in [0.2, 0.25) is 0 Å². The monoisotopic (exact) mass is 464 g/mol. The predicted molar refractivity (Wildman–Crippen MR) is 132 cm³/mol. The summed E-state index contributed by atoms with van der Waals surface area (Å²) >= 11 is 0. The van der Waals surface area contributed by atoms with Crippen molar-refractivity contribution < 1.29 is 14.0 Å². The minimum Gasteiger partial charge on any atom is -0.350 e. The summed E-state index contributed by atoms with van der Waals surface area (Å²) in [7, 11) is 4.05. The molecule has 2 amide bonds. The molecule has 3 aromatic rings. The number of aryl methyl sites for hydroxylation is 1. The Morgan fingerprint density at radius 1 is 1.12 bits per heavy atom. The first-order valence-corrected chi connectivity index (χ1v) is 11.9. The molecule has 0 aliphatic heterocycles. The lowest BCUT2D eigenvalue weighted by atomic mass is 10.1. The molecule has 1 heterocycles. The highest BCUT2D eigenvalue weighted by Gasteiger charge is 2.28. The van der Waals surface area contributed by atoms with E-state index in [-0.39, 0.29) is 5.91 Å². The second-order valence-electron chi connectivity index (χ2n) is 9.61. The van der Waals surface area contributed by atoms with Gasteiger partial charge in [-0.15, -0.1) is 0 Å². The summed E-state index contributed by atoms with van der Waals surface area (Å²) in [6, 6.07) is 12.3. The molecule has 3 N–H and O–H groups in total. The average molecular weight is 465 g/mol. The Morgan fingerprint density at radius 3 is 2.47 bits per heavy atom. The number of para-hydroxylation sites is 1. The summed E-state index contributed by atoms with van der Waals surface area (Å²) in [5.41, 5.74) is 3.48. The van der Waals surface area contributed by atoms with Gasteiger partial charge in [0.05, 0.1) is 5.52 Å². The van der Waals surface area contributed by atoms with Gasteiger partial charge in [0, 0.05) is 18.5 Å². The molecule has 7 heteroatoms. The van der Waals surface area contributed by atoms with Crippen LogP contribution in [0.3, 0.4) is 0 Å². The van der Waals surface area contributed by atoms with Crippen LogP contribution >= 0.6 is 0 Å². The first kappa shape index (κ1) is 24.0. The summed E-state index contributed by atoms with van der Waals surface area (Å²) < 4.78 is 14.2. The van der Waals surface area contributed by atoms with Crippen molar-refractivity contribution in [1.29, 1.82) is 0 Å². The number of aromatic amines is 1. The highest BCUT2D eigenvalue weighted by Crippen LogP contribution is 2.34. The topological polar surface area (TPSA) is 77.2 Å². The molecule has 6 nitrogen and oxygen atoms in total. The molecule has 1 unspecified atom stereocenters. The van der Waals surface area contributed by atoms with Crippen molar-refractivity contribution in [2.24, 2.45) is 5.92 Å². The van der Waals surface area contributed by atoms with Crippen molar-refractivity contribution in [3.05, 3.63) is 70.7 Å². The number of benzene rings is 2. The third-order valence-electron chi connectivity index (χ3n) is 6.44. The smallest absolute Gasteiger partial charge is 0.268 e. The van der Waals surface area contributed by atoms with Crippen LogP contribution in [-0.2, 0) is 17.9 Å². The van der Waals surface area contributed by atoms with Crippen molar-refractivity contribution >= 4 is 22.7 Å². The number of nitrogens with one attached hydrogen (secondary N) is 3. The molecule has 0 bridgehead atoms. The molecule has 1 fully saturated rings. The lowest BCUT2D eigenvalue weighted by Crippen LogP contribution is -2.46. The van der Waals surface area contributed by atoms with E-state index in [4.69, 9.17) is 0 Å². The normalized spacial score (nSPS) is 14.4. The van der Waals surface area contributed by atoms with Gasteiger partial charge in [-0.1, -0.05) is 49.2 Å². The Labute approximate surface area is 199 Å². The van der Waals surface area contributed by atoms with Gasteiger partial charge >= 0.3 is 0 Å². The van der Waals surface area contributed by atoms with E-state index < -0.39 is 17.8 Å². The van der Waals surface area contributed by atoms with Gasteiger partial charge in [-0.25, -0.2) is 4.39 Å². The molecule has 0 spiro atoms. The molecule has 2 aromatic carbocycles. The summed E-state index contributed by atoms with van der Waals surface area (Å²) in [5.74, 6) is -0.358. The summed E-state index contributed by atoms with van der Waals surface area (Å²) in [6.45, 7) is 3.04. The summed E-state index contributed by atoms with van der Waals surface area (Å²) in [5, 5.41) is 6.54. The van der Waals surface area contributed by atoms with Gasteiger partial charge in [-0.3, -0.25) is 9.59 Å². The Kier molecular flexibility index (Phi) is 7.32. The zero-order valence-electron chi connectivity index (χ0n) is 20.1. The molecular weight excluding hydrogens is 431 g/mol. The Morgan fingerprint density at radius 2 is 1.82 bits per heavy atom. The number of nitrogens with zero attached hydrogens (tertiary/aromatic N) is 1. The fourth-order valence-corrected chi connectivity index (χ4v) is 4.29. The Bertz CT molecular complexity index is 1170. The van der Waals surface area contributed by atoms with E-state index in [2.05, 4.69) is 32.7 Å². The number of rotatable bonds is 10. The van der Waals surface area contributed by atoms with Crippen molar-refractivity contribution in [3.63, 3.8) is 0 Å². The number of hydrogen-bond donors (Lipinski definition) is 3. The van der Waals surface area contributed by atoms with Crippen molar-refractivity contribution in [1.82, 2.24) is 20.5 Å². The molecular formula is C27H33FN4O2. The van der Waals surface area contributed by atoms with E-state index in [1.807, 2.05) is 26.2 Å². The highest BCUT2D eigenvalue weighted by molar-refractivity contribution is 6.02. The van der Waals surface area contributed by atoms with Gasteiger partial charge in [0.25, 0.3) is 5.91 Å². The van der Waals surface area contributed by atoms with Gasteiger partial charge in [0.2, 0.25) is 5.91 Å². The van der Waals surface area contributed by atoms with Crippen LogP contribution in [-0.4, -0.2) is 41.8 Å². The van der Waals surface area contributed by atoms with Crippen LogP contribution in [0.4, 0.5) is 4.39 Å². The van der Waals surface area contributed by atoms with Gasteiger partial charge < -0.3 is 20.5 Å². The molecule has 0 radical (unpaired) electrons. The first-order chi connectivity index (χ1) is 16.3. The lowest BCUT2D eigenvalue weighted by molar-refractivity contribution is -0.123. The minimum atomic E-state index is -0.642. The number of amides is 2. The fraction of sp³-hybridized carbons (Fsp3) is 0.407. The zero-order valence-corrected chi connectivity index (χ0v) is 20.1. The second kappa shape index (κ2) is 10.4. The minimum absolute atomic E-state index is 0.202. The van der Waals surface area contributed by atoms with E-state index in [9.17, 15) is 14.0 Å². The zero-order chi connectivity index (χ0) is 24.2. The number of hydrogen-bond acceptors (Lipinski definition) is 3. The molecule has 1 aliphatic carbocycles. The van der Waals surface area contributed by atoms with Crippen molar-refractivity contribution in [2.75, 3.05) is 14.1 Å². The standard InChI is InChI=1S/C27H33FN4O2/c1-17-21-5-4-6-22(28)25(21)31-24(17)27(34)30-23(14-13-18-7-8-18)26(33)29-15-19-9-11-20(12-10-19)16-32(2)3/h4-6,9-12,18,23,31H,7-8,13-16H2,1-3H3,(H,29,33)(H,30,34). The highest BCUT2D eigenvalue weighted by atomic mass is 19.1. The first-order valence-electron chi connectivity index (χ1n) is 11.9. The fourth-order valence-electron chi connectivity index (χ4n) is 4.29. The van der Waals surface area contributed by atoms with E-state index in [1.165, 1.54) is 24.5 Å². The molecule has 1 aromatic heterocycles. The molecule has 4 rings (SSSR count). The number of halogens is 1. The number of carbonyl (C=O) groups excluding carboxylic acids is 2. The second-order valence-corrected chi connectivity index (χ2v) is 9.61. The van der Waals surface area contributed by atoms with Gasteiger partial charge in [-0.2, -0.15) is 0 Å². The molecule has 1 atom stereocenters. The van der Waals surface area contributed by atoms with E-state index in [0.717, 1.165) is 18.5 Å². The summed E-state index contributed by atoms with van der Waals surface area (Å²) in [4.78, 5) is 31.1. The predicted octanol–water partition coefficient (Wildman–Crippen LogP) is 4.28. The van der Waals surface area contributed by atoms with E-state index in [1.54, 1.807) is 19.1 Å². The maximum atomic E-state index is 14.2. The van der Waals surface area contributed by atoms with Crippen LogP contribution in [0.5, 0.6) is 0 Å². The van der Waals surface area contributed by atoms with Gasteiger partial charge in [0.1, 0.15) is 17.6 Å². The van der Waals surface area contributed by atoms with Crippen LogP contribution in [0.15, 0.2) is 42.5 Å². The van der Waals surface area contributed by atoms with Gasteiger partial charge in [0.15, 0.2) is 0 Å². The number of fused-ring (bicyclic) bond motifs is 1. The third-order valence-corrected chi connectivity index (χ3v) is 6.44. The van der Waals surface area contributed by atoms with Crippen molar-refractivity contribution in [2.45, 2.75) is 51.7 Å². The van der Waals surface area contributed by atoms with Crippen LogP contribution in [0.1, 0.15) is 52.9 Å². The third kappa shape index (κ3) is 5.83. The van der Waals surface area contributed by atoms with Crippen LogP contribution in [0, 0.1) is 18.7 Å². The van der Waals surface area contributed by atoms with Crippen LogP contribution < -0.4 is 10.6 Å². The Balaban J connectivity index is 1.42. The molecule has 1 saturated carbocycles. The average Bonchev–Trinajstić information content (AvgIpc) is 3.57. The maximum Gasteiger partial charge on any atom is 0.268 e. The van der Waals surface area contributed by atoms with E-state index in [0.29, 0.717) is 41.0 Å². The number of aromatic nitrogens is 1. The SMILES string of the molecule is Cc1c(C(=O)NC(CCC2CC2)C(=O)NCc2ccc(CN(C)C)cc2)[nH]c2c(F)cccc12. The lowest BCUT2D eigenvalue weighted by Gasteiger charge is -2.19. The van der Waals surface area contributed by atoms with Gasteiger partial charge in [-0.05, 0) is 62.5 Å². The largest absolute Gasteiger partial charge is 0.350 e. The molecule has 180 valence electrons.